The van der Waals surface area contributed by atoms with Crippen LogP contribution in [0, 0.1) is 55.4 Å². The van der Waals surface area contributed by atoms with Gasteiger partial charge in [-0.25, -0.2) is 0 Å². The van der Waals surface area contributed by atoms with E-state index in [0.717, 1.165) is 26.5 Å². The quantitative estimate of drug-likeness (QED) is 0.167. The summed E-state index contributed by atoms with van der Waals surface area (Å²) in [5.41, 5.74) is 15.7. The number of halogens is 2. The van der Waals surface area contributed by atoms with Crippen molar-refractivity contribution < 1.29 is 13.1 Å². The molecule has 0 N–H and O–H groups in total. The van der Waals surface area contributed by atoms with E-state index in [4.69, 9.17) is 0 Å². The first-order valence-electron chi connectivity index (χ1n) is 16.3. The maximum atomic E-state index is 16.2. The van der Waals surface area contributed by atoms with Crippen LogP contribution < -0.4 is 15.7 Å². The Balaban J connectivity index is 1.38. The molecule has 0 unspecified atom stereocenters. The van der Waals surface area contributed by atoms with E-state index < -0.39 is 6.97 Å². The van der Waals surface area contributed by atoms with Gasteiger partial charge >= 0.3 is 6.97 Å². The van der Waals surface area contributed by atoms with Gasteiger partial charge in [0.1, 0.15) is 5.71 Å². The van der Waals surface area contributed by atoms with Gasteiger partial charge in [-0.05, 0) is 103 Å². The second-order valence-corrected chi connectivity index (χ2v) is 16.0. The molecule has 8 heteroatoms. The average molecular weight is 661 g/mol. The predicted octanol–water partition coefficient (Wildman–Crippen LogP) is 8.69. The molecule has 0 saturated carbocycles. The molecule has 5 aromatic rings. The zero-order chi connectivity index (χ0) is 33.7. The van der Waals surface area contributed by atoms with Crippen molar-refractivity contribution in [3.05, 3.63) is 127 Å². The standard InChI is InChI=1S/C39H40B2F2N2S2/c1-21-15-23(3)36(24(4)16-21)40(37-25(5)17-22(2)18-26(37)6)34-14-13-32(47-34)31-11-12-33(46-31)35-38-27(7)19-29(9)44(38)41(42,43)45-30(10)20-28(8)39(35)45/h11-20H,1-10H3. The van der Waals surface area contributed by atoms with Gasteiger partial charge in [0.05, 0.1) is 5.57 Å². The summed E-state index contributed by atoms with van der Waals surface area (Å²) in [4.78, 5) is 3.36. The summed E-state index contributed by atoms with van der Waals surface area (Å²) in [6, 6.07) is 20.0. The maximum Gasteiger partial charge on any atom is 0.737 e. The number of aromatic nitrogens is 1. The third-order valence-corrected chi connectivity index (χ3v) is 12.4. The van der Waals surface area contributed by atoms with Gasteiger partial charge in [0, 0.05) is 38.9 Å². The van der Waals surface area contributed by atoms with Crippen LogP contribution in [0.3, 0.4) is 0 Å². The molecule has 2 aliphatic heterocycles. The van der Waals surface area contributed by atoms with Crippen molar-refractivity contribution in [2.75, 3.05) is 0 Å². The molecule has 7 rings (SSSR count). The average Bonchev–Trinajstić information content (AvgIpc) is 3.74. The van der Waals surface area contributed by atoms with E-state index in [1.165, 1.54) is 62.9 Å². The summed E-state index contributed by atoms with van der Waals surface area (Å²) in [7, 11) is 0. The smallest absolute Gasteiger partial charge is 0.393 e. The fourth-order valence-corrected chi connectivity index (χ4v) is 10.8. The molecule has 5 heterocycles. The zero-order valence-electron chi connectivity index (χ0n) is 28.9. The Kier molecular flexibility index (Phi) is 7.57. The number of thiophene rings is 2. The first-order chi connectivity index (χ1) is 22.2. The van der Waals surface area contributed by atoms with Crippen molar-refractivity contribution in [2.24, 2.45) is 0 Å². The number of benzene rings is 2. The van der Waals surface area contributed by atoms with Crippen LogP contribution in [0.25, 0.3) is 15.3 Å². The lowest BCUT2D eigenvalue weighted by Gasteiger charge is -2.33. The molecule has 0 radical (unpaired) electrons. The largest absolute Gasteiger partial charge is 0.737 e. The van der Waals surface area contributed by atoms with E-state index >= 15 is 8.63 Å². The Bertz CT molecular complexity index is 2140. The summed E-state index contributed by atoms with van der Waals surface area (Å²) < 4.78 is 36.3. The Morgan fingerprint density at radius 2 is 1.15 bits per heavy atom. The summed E-state index contributed by atoms with van der Waals surface area (Å²) in [5.74, 6) is 0. The minimum absolute atomic E-state index is 0.120. The molecule has 0 amide bonds. The monoisotopic (exact) mass is 660 g/mol. The van der Waals surface area contributed by atoms with E-state index in [0.29, 0.717) is 22.8 Å². The molecule has 0 saturated heterocycles. The van der Waals surface area contributed by atoms with Gasteiger partial charge in [-0.1, -0.05) is 74.6 Å². The van der Waals surface area contributed by atoms with E-state index in [2.05, 4.69) is 90.1 Å². The molecule has 0 fully saturated rings. The van der Waals surface area contributed by atoms with Gasteiger partial charge in [-0.2, -0.15) is 0 Å². The van der Waals surface area contributed by atoms with Crippen molar-refractivity contribution in [2.45, 2.75) is 69.2 Å². The fourth-order valence-electron chi connectivity index (χ4n) is 8.50. The molecule has 0 spiro atoms. The van der Waals surface area contributed by atoms with Crippen LogP contribution in [0.2, 0.25) is 0 Å². The summed E-state index contributed by atoms with van der Waals surface area (Å²) in [5, 5.41) is 0. The SMILES string of the molecule is CC1=CC(C)=[N+]2C1=C(c1ccc(-c3ccc(B(c4c(C)cc(C)cc4C)c4c(C)cc(C)cc4C)s3)s1)c1c(C)cc(C)n1[B-]2(F)F. The van der Waals surface area contributed by atoms with Crippen LogP contribution >= 0.6 is 22.7 Å². The minimum Gasteiger partial charge on any atom is -0.393 e. The number of hydrogen-bond donors (Lipinski definition) is 0. The van der Waals surface area contributed by atoms with Crippen molar-refractivity contribution in [3.63, 3.8) is 0 Å². The molecule has 3 aromatic heterocycles. The lowest BCUT2D eigenvalue weighted by atomic mass is 9.37. The molecular weight excluding hydrogens is 620 g/mol. The highest BCUT2D eigenvalue weighted by Crippen LogP contribution is 2.47. The number of allylic oxidation sites excluding steroid dienone is 2. The number of hydrogen-bond acceptors (Lipinski definition) is 2. The highest BCUT2D eigenvalue weighted by Gasteiger charge is 2.55. The Morgan fingerprint density at radius 3 is 1.72 bits per heavy atom. The molecule has 2 aromatic carbocycles. The van der Waals surface area contributed by atoms with Gasteiger partial charge in [0.25, 0.3) is 6.71 Å². The van der Waals surface area contributed by atoms with Crippen LogP contribution in [-0.2, 0) is 0 Å². The van der Waals surface area contributed by atoms with Gasteiger partial charge in [0.2, 0.25) is 0 Å². The zero-order valence-corrected chi connectivity index (χ0v) is 30.5. The van der Waals surface area contributed by atoms with Crippen LogP contribution in [-0.4, -0.2) is 28.4 Å². The van der Waals surface area contributed by atoms with Gasteiger partial charge in [-0.15, -0.1) is 22.7 Å². The van der Waals surface area contributed by atoms with Gasteiger partial charge in [0.15, 0.2) is 5.70 Å². The number of aryl methyl sites for hydroxylation is 8. The van der Waals surface area contributed by atoms with Crippen LogP contribution in [0.5, 0.6) is 0 Å². The van der Waals surface area contributed by atoms with Gasteiger partial charge in [-0.3, -0.25) is 0 Å². The Morgan fingerprint density at radius 1 is 0.638 bits per heavy atom. The first-order valence-corrected chi connectivity index (χ1v) is 17.9. The van der Waals surface area contributed by atoms with Crippen LogP contribution in [0.15, 0.2) is 71.9 Å². The van der Waals surface area contributed by atoms with E-state index in [1.54, 1.807) is 25.2 Å². The number of nitrogens with zero attached hydrogens (tertiary/aromatic N) is 2. The van der Waals surface area contributed by atoms with Gasteiger partial charge < -0.3 is 17.6 Å². The molecule has 2 aliphatic rings. The van der Waals surface area contributed by atoms with Crippen LogP contribution in [0.1, 0.15) is 69.1 Å². The first kappa shape index (κ1) is 31.8. The molecule has 0 aliphatic carbocycles. The van der Waals surface area contributed by atoms with E-state index in [-0.39, 0.29) is 6.71 Å². The molecule has 0 atom stereocenters. The number of fused-ring (bicyclic) bond motifs is 2. The highest BCUT2D eigenvalue weighted by molar-refractivity contribution is 7.31. The van der Waals surface area contributed by atoms with E-state index in [1.807, 2.05) is 37.3 Å². The second-order valence-electron chi connectivity index (χ2n) is 13.8. The highest BCUT2D eigenvalue weighted by atomic mass is 32.1. The van der Waals surface area contributed by atoms with Crippen molar-refractivity contribution in [1.82, 2.24) is 4.48 Å². The summed E-state index contributed by atoms with van der Waals surface area (Å²) in [6.45, 7) is 16.9. The Hall–Kier alpha value is -3.74. The fraction of sp³-hybridized carbons (Fsp3) is 0.256. The van der Waals surface area contributed by atoms with Crippen molar-refractivity contribution >= 4 is 63.3 Å². The van der Waals surface area contributed by atoms with E-state index in [9.17, 15) is 0 Å². The molecule has 2 nitrogen and oxygen atoms in total. The number of rotatable bonds is 5. The lowest BCUT2D eigenvalue weighted by Crippen LogP contribution is -2.54. The third-order valence-electron chi connectivity index (χ3n) is 9.99. The Labute approximate surface area is 286 Å². The van der Waals surface area contributed by atoms with Crippen LogP contribution in [0.4, 0.5) is 8.63 Å². The predicted molar refractivity (Wildman–Crippen MR) is 202 cm³/mol. The van der Waals surface area contributed by atoms with Crippen molar-refractivity contribution in [1.29, 1.82) is 0 Å². The van der Waals surface area contributed by atoms with Crippen molar-refractivity contribution in [3.8, 4) is 9.75 Å². The summed E-state index contributed by atoms with van der Waals surface area (Å²) >= 11 is 3.54. The topological polar surface area (TPSA) is 7.94 Å². The maximum absolute atomic E-state index is 16.2. The lowest BCUT2D eigenvalue weighted by molar-refractivity contribution is -0.363. The molecule has 238 valence electrons. The summed E-state index contributed by atoms with van der Waals surface area (Å²) in [6.07, 6.45) is 1.90. The second kappa shape index (κ2) is 11.2. The minimum atomic E-state index is -3.99. The molecule has 47 heavy (non-hydrogen) atoms. The molecular formula is C39H40B2F2N2S2. The normalized spacial score (nSPS) is 15.4. The molecule has 0 bridgehead atoms. The third kappa shape index (κ3) is 4.90.